The van der Waals surface area contributed by atoms with Gasteiger partial charge >= 0.3 is 0 Å². The Morgan fingerprint density at radius 2 is 1.68 bits per heavy atom. The van der Waals surface area contributed by atoms with E-state index in [0.29, 0.717) is 10.0 Å². The molecular weight excluding hydrogens is 326 g/mol. The Hall–Kier alpha value is -1.56. The van der Waals surface area contributed by atoms with Crippen molar-refractivity contribution in [3.05, 3.63) is 63.6 Å². The third-order valence-corrected chi connectivity index (χ3v) is 3.26. The van der Waals surface area contributed by atoms with Gasteiger partial charge in [-0.25, -0.2) is 17.6 Å². The van der Waals surface area contributed by atoms with Crippen molar-refractivity contribution >= 4 is 21.6 Å². The van der Waals surface area contributed by atoms with Crippen LogP contribution in [0.3, 0.4) is 0 Å². The van der Waals surface area contributed by atoms with E-state index in [9.17, 15) is 17.6 Å². The molecular formula is C13H8BrF4N. The number of rotatable bonds is 3. The highest BCUT2D eigenvalue weighted by molar-refractivity contribution is 9.10. The van der Waals surface area contributed by atoms with Crippen LogP contribution in [0.1, 0.15) is 5.56 Å². The fourth-order valence-electron chi connectivity index (χ4n) is 1.52. The summed E-state index contributed by atoms with van der Waals surface area (Å²) in [5.41, 5.74) is 0.501. The number of halogens is 5. The van der Waals surface area contributed by atoms with E-state index in [0.717, 1.165) is 12.1 Å². The molecule has 19 heavy (non-hydrogen) atoms. The van der Waals surface area contributed by atoms with Gasteiger partial charge in [0.25, 0.3) is 0 Å². The van der Waals surface area contributed by atoms with Crippen LogP contribution in [0.2, 0.25) is 0 Å². The minimum absolute atomic E-state index is 0.142. The Labute approximate surface area is 115 Å². The molecule has 1 nitrogen and oxygen atoms in total. The second-order valence-corrected chi connectivity index (χ2v) is 4.67. The lowest BCUT2D eigenvalue weighted by atomic mass is 10.2. The Kier molecular flexibility index (Phi) is 4.09. The zero-order valence-electron chi connectivity index (χ0n) is 9.48. The van der Waals surface area contributed by atoms with Gasteiger partial charge in [-0.2, -0.15) is 0 Å². The van der Waals surface area contributed by atoms with Crippen LogP contribution in [-0.4, -0.2) is 0 Å². The molecule has 0 atom stereocenters. The van der Waals surface area contributed by atoms with Crippen molar-refractivity contribution in [1.82, 2.24) is 0 Å². The molecule has 0 heterocycles. The first-order chi connectivity index (χ1) is 8.99. The molecule has 0 saturated heterocycles. The monoisotopic (exact) mass is 333 g/mol. The van der Waals surface area contributed by atoms with E-state index in [1.807, 2.05) is 0 Å². The highest BCUT2D eigenvalue weighted by Crippen LogP contribution is 2.22. The van der Waals surface area contributed by atoms with Crippen LogP contribution < -0.4 is 5.32 Å². The third-order valence-electron chi connectivity index (χ3n) is 2.52. The molecule has 0 aliphatic rings. The lowest BCUT2D eigenvalue weighted by Crippen LogP contribution is -2.04. The second kappa shape index (κ2) is 5.61. The quantitative estimate of drug-likeness (QED) is 0.638. The van der Waals surface area contributed by atoms with Crippen molar-refractivity contribution in [3.8, 4) is 0 Å². The summed E-state index contributed by atoms with van der Waals surface area (Å²) in [7, 11) is 0. The molecule has 0 aromatic heterocycles. The summed E-state index contributed by atoms with van der Waals surface area (Å²) in [6.07, 6.45) is 0. The first-order valence-electron chi connectivity index (χ1n) is 5.30. The third kappa shape index (κ3) is 3.07. The van der Waals surface area contributed by atoms with E-state index in [4.69, 9.17) is 0 Å². The molecule has 6 heteroatoms. The number of hydrogen-bond acceptors (Lipinski definition) is 1. The van der Waals surface area contributed by atoms with Gasteiger partial charge in [0, 0.05) is 11.0 Å². The SMILES string of the molecule is Fc1ccc(CNc2ccc(F)c(F)c2F)c(Br)c1. The van der Waals surface area contributed by atoms with Gasteiger partial charge in [0.05, 0.1) is 5.69 Å². The number of hydrogen-bond donors (Lipinski definition) is 1. The highest BCUT2D eigenvalue weighted by Gasteiger charge is 2.13. The van der Waals surface area contributed by atoms with Crippen LogP contribution in [0.25, 0.3) is 0 Å². The Balaban J connectivity index is 2.17. The van der Waals surface area contributed by atoms with Crippen LogP contribution in [0.15, 0.2) is 34.8 Å². The van der Waals surface area contributed by atoms with E-state index < -0.39 is 23.3 Å². The smallest absolute Gasteiger partial charge is 0.196 e. The normalized spacial score (nSPS) is 10.6. The Morgan fingerprint density at radius 1 is 0.947 bits per heavy atom. The second-order valence-electron chi connectivity index (χ2n) is 3.81. The van der Waals surface area contributed by atoms with E-state index in [1.165, 1.54) is 18.2 Å². The van der Waals surface area contributed by atoms with Gasteiger partial charge in [0.15, 0.2) is 17.5 Å². The maximum atomic E-state index is 13.4. The molecule has 100 valence electrons. The van der Waals surface area contributed by atoms with Crippen molar-refractivity contribution in [2.24, 2.45) is 0 Å². The molecule has 0 radical (unpaired) electrons. The van der Waals surface area contributed by atoms with Crippen molar-refractivity contribution in [2.75, 3.05) is 5.32 Å². The summed E-state index contributed by atoms with van der Waals surface area (Å²) in [4.78, 5) is 0. The maximum Gasteiger partial charge on any atom is 0.196 e. The predicted molar refractivity (Wildman–Crippen MR) is 67.7 cm³/mol. The Morgan fingerprint density at radius 3 is 2.37 bits per heavy atom. The summed E-state index contributed by atoms with van der Waals surface area (Å²) < 4.78 is 52.5. The Bertz CT molecular complexity index is 616. The number of anilines is 1. The standard InChI is InChI=1S/C13H8BrF4N/c14-9-5-8(15)2-1-7(9)6-19-11-4-3-10(16)12(17)13(11)18/h1-5,19H,6H2. The molecule has 0 aliphatic heterocycles. The highest BCUT2D eigenvalue weighted by atomic mass is 79.9. The zero-order chi connectivity index (χ0) is 14.0. The zero-order valence-corrected chi connectivity index (χ0v) is 11.1. The van der Waals surface area contributed by atoms with Crippen LogP contribution >= 0.6 is 15.9 Å². The average Bonchev–Trinajstić information content (AvgIpc) is 2.37. The summed E-state index contributed by atoms with van der Waals surface area (Å²) in [5, 5.41) is 2.62. The first kappa shape index (κ1) is 13.9. The number of benzene rings is 2. The molecule has 0 fully saturated rings. The largest absolute Gasteiger partial charge is 0.378 e. The summed E-state index contributed by atoms with van der Waals surface area (Å²) in [6, 6.07) is 5.96. The van der Waals surface area contributed by atoms with Gasteiger partial charge in [-0.3, -0.25) is 0 Å². The molecule has 2 aromatic carbocycles. The van der Waals surface area contributed by atoms with Crippen LogP contribution in [-0.2, 0) is 6.54 Å². The molecule has 0 aliphatic carbocycles. The van der Waals surface area contributed by atoms with Crippen LogP contribution in [0, 0.1) is 23.3 Å². The minimum Gasteiger partial charge on any atom is -0.378 e. The molecule has 1 N–H and O–H groups in total. The van der Waals surface area contributed by atoms with Crippen molar-refractivity contribution in [3.63, 3.8) is 0 Å². The van der Waals surface area contributed by atoms with Crippen LogP contribution in [0.4, 0.5) is 23.2 Å². The van der Waals surface area contributed by atoms with Gasteiger partial charge < -0.3 is 5.32 Å². The van der Waals surface area contributed by atoms with Crippen molar-refractivity contribution in [1.29, 1.82) is 0 Å². The summed E-state index contributed by atoms with van der Waals surface area (Å²) >= 11 is 3.16. The van der Waals surface area contributed by atoms with Gasteiger partial charge in [-0.15, -0.1) is 0 Å². The summed E-state index contributed by atoms with van der Waals surface area (Å²) in [5.74, 6) is -4.46. The van der Waals surface area contributed by atoms with E-state index >= 15 is 0 Å². The van der Waals surface area contributed by atoms with Gasteiger partial charge in [0.2, 0.25) is 0 Å². The van der Waals surface area contributed by atoms with Gasteiger partial charge in [0.1, 0.15) is 5.82 Å². The van der Waals surface area contributed by atoms with Crippen molar-refractivity contribution in [2.45, 2.75) is 6.54 Å². The molecule has 2 rings (SSSR count). The molecule has 0 spiro atoms. The first-order valence-corrected chi connectivity index (χ1v) is 6.09. The minimum atomic E-state index is -1.52. The van der Waals surface area contributed by atoms with Gasteiger partial charge in [-0.1, -0.05) is 22.0 Å². The average molecular weight is 334 g/mol. The van der Waals surface area contributed by atoms with E-state index in [2.05, 4.69) is 21.2 Å². The maximum absolute atomic E-state index is 13.4. The molecule has 0 amide bonds. The predicted octanol–water partition coefficient (Wildman–Crippen LogP) is 4.62. The molecule has 0 saturated carbocycles. The number of nitrogens with one attached hydrogen (secondary N) is 1. The topological polar surface area (TPSA) is 12.0 Å². The molecule has 0 bridgehead atoms. The lowest BCUT2D eigenvalue weighted by Gasteiger charge is -2.10. The summed E-state index contributed by atoms with van der Waals surface area (Å²) in [6.45, 7) is 0.142. The molecule has 2 aromatic rings. The fourth-order valence-corrected chi connectivity index (χ4v) is 2.01. The van der Waals surface area contributed by atoms with E-state index in [1.54, 1.807) is 0 Å². The lowest BCUT2D eigenvalue weighted by molar-refractivity contribution is 0.449. The van der Waals surface area contributed by atoms with Crippen molar-refractivity contribution < 1.29 is 17.6 Å². The van der Waals surface area contributed by atoms with E-state index in [-0.39, 0.29) is 12.2 Å². The fraction of sp³-hybridized carbons (Fsp3) is 0.0769. The van der Waals surface area contributed by atoms with Crippen LogP contribution in [0.5, 0.6) is 0 Å². The molecule has 0 unspecified atom stereocenters. The van der Waals surface area contributed by atoms with Gasteiger partial charge in [-0.05, 0) is 29.8 Å².